The Morgan fingerprint density at radius 2 is 2.00 bits per heavy atom. The third kappa shape index (κ3) is 3.88. The second kappa shape index (κ2) is 7.45. The minimum Gasteiger partial charge on any atom is -0.352 e. The first-order valence-corrected chi connectivity index (χ1v) is 8.58. The molecular weight excluding hydrogens is 296 g/mol. The maximum atomic E-state index is 12.7. The largest absolute Gasteiger partial charge is 0.352 e. The molecule has 0 radical (unpaired) electrons. The molecule has 1 aromatic carbocycles. The van der Waals surface area contributed by atoms with E-state index in [1.165, 1.54) is 31.0 Å². The zero-order chi connectivity index (χ0) is 15.2. The molecule has 2 N–H and O–H groups in total. The van der Waals surface area contributed by atoms with Gasteiger partial charge in [0.15, 0.2) is 0 Å². The molecule has 0 saturated heterocycles. The third-order valence-electron chi connectivity index (χ3n) is 3.92. The van der Waals surface area contributed by atoms with Crippen LogP contribution in [0, 0.1) is 0 Å². The Balaban J connectivity index is 1.73. The first-order valence-electron chi connectivity index (χ1n) is 7.70. The van der Waals surface area contributed by atoms with Crippen molar-refractivity contribution >= 4 is 17.7 Å². The molecule has 6 heteroatoms. The van der Waals surface area contributed by atoms with Crippen LogP contribution in [0.4, 0.5) is 0 Å². The van der Waals surface area contributed by atoms with E-state index < -0.39 is 0 Å². The zero-order valence-corrected chi connectivity index (χ0v) is 13.2. The fourth-order valence-corrected chi connectivity index (χ4v) is 3.71. The second-order valence-electron chi connectivity index (χ2n) is 5.56. The van der Waals surface area contributed by atoms with Crippen LogP contribution in [0.3, 0.4) is 0 Å². The van der Waals surface area contributed by atoms with E-state index in [-0.39, 0.29) is 11.2 Å². The molecule has 0 bridgehead atoms. The van der Waals surface area contributed by atoms with E-state index in [2.05, 4.69) is 20.7 Å². The van der Waals surface area contributed by atoms with Gasteiger partial charge in [-0.15, -0.1) is 5.10 Å². The monoisotopic (exact) mass is 316 g/mol. The lowest BCUT2D eigenvalue weighted by atomic mass is 9.95. The van der Waals surface area contributed by atoms with Crippen LogP contribution >= 0.6 is 11.8 Å². The van der Waals surface area contributed by atoms with E-state index >= 15 is 0 Å². The number of H-pyrrole nitrogens is 1. The Morgan fingerprint density at radius 1 is 1.23 bits per heavy atom. The molecule has 3 rings (SSSR count). The molecule has 1 fully saturated rings. The molecule has 1 amide bonds. The summed E-state index contributed by atoms with van der Waals surface area (Å²) in [6.45, 7) is 0. The van der Waals surface area contributed by atoms with Crippen LogP contribution in [-0.4, -0.2) is 27.4 Å². The molecule has 0 spiro atoms. The predicted octanol–water partition coefficient (Wildman–Crippen LogP) is 3.09. The number of amides is 1. The number of nitrogens with zero attached hydrogens (tertiary/aromatic N) is 2. The van der Waals surface area contributed by atoms with Gasteiger partial charge in [0.2, 0.25) is 5.91 Å². The van der Waals surface area contributed by atoms with Crippen LogP contribution in [0.2, 0.25) is 0 Å². The topological polar surface area (TPSA) is 70.7 Å². The highest BCUT2D eigenvalue weighted by molar-refractivity contribution is 8.00. The van der Waals surface area contributed by atoms with E-state index in [0.29, 0.717) is 6.04 Å². The Kier molecular flexibility index (Phi) is 5.11. The molecule has 1 saturated carbocycles. The Labute approximate surface area is 134 Å². The van der Waals surface area contributed by atoms with Crippen molar-refractivity contribution in [1.82, 2.24) is 20.7 Å². The molecule has 5 nitrogen and oxygen atoms in total. The SMILES string of the molecule is O=C(NC1CCCCC1)C(Sc1cn[nH]n1)c1ccccc1. The van der Waals surface area contributed by atoms with Crippen molar-refractivity contribution in [3.63, 3.8) is 0 Å². The third-order valence-corrected chi connectivity index (χ3v) is 5.08. The average Bonchev–Trinajstić information content (AvgIpc) is 3.07. The van der Waals surface area contributed by atoms with Crippen LogP contribution in [0.1, 0.15) is 42.9 Å². The summed E-state index contributed by atoms with van der Waals surface area (Å²) in [4.78, 5) is 12.7. The molecule has 116 valence electrons. The van der Waals surface area contributed by atoms with Gasteiger partial charge in [0.25, 0.3) is 0 Å². The standard InChI is InChI=1S/C16H20N4OS/c21-16(18-13-9-5-2-6-10-13)15(12-7-3-1-4-8-12)22-14-11-17-20-19-14/h1,3-4,7-8,11,13,15H,2,5-6,9-10H2,(H,18,21)(H,17,19,20). The fraction of sp³-hybridized carbons (Fsp3) is 0.438. The van der Waals surface area contributed by atoms with Gasteiger partial charge < -0.3 is 5.32 Å². The van der Waals surface area contributed by atoms with Crippen molar-refractivity contribution in [1.29, 1.82) is 0 Å². The molecule has 2 aromatic rings. The number of hydrogen-bond acceptors (Lipinski definition) is 4. The van der Waals surface area contributed by atoms with Crippen LogP contribution in [0.15, 0.2) is 41.6 Å². The maximum absolute atomic E-state index is 12.7. The molecule has 1 aromatic heterocycles. The fourth-order valence-electron chi connectivity index (χ4n) is 2.79. The average molecular weight is 316 g/mol. The van der Waals surface area contributed by atoms with E-state index in [1.807, 2.05) is 30.3 Å². The van der Waals surface area contributed by atoms with E-state index in [4.69, 9.17) is 0 Å². The lowest BCUT2D eigenvalue weighted by molar-refractivity contribution is -0.121. The van der Waals surface area contributed by atoms with Gasteiger partial charge in [0.1, 0.15) is 10.3 Å². The molecule has 1 heterocycles. The number of hydrogen-bond donors (Lipinski definition) is 2. The quantitative estimate of drug-likeness (QED) is 0.832. The summed E-state index contributed by atoms with van der Waals surface area (Å²) in [7, 11) is 0. The first-order chi connectivity index (χ1) is 10.8. The minimum atomic E-state index is -0.298. The Bertz CT molecular complexity index is 581. The number of carbonyl (C=O) groups is 1. The molecular formula is C16H20N4OS. The molecule has 0 aliphatic heterocycles. The molecule has 1 aliphatic rings. The van der Waals surface area contributed by atoms with Crippen molar-refractivity contribution in [3.8, 4) is 0 Å². The van der Waals surface area contributed by atoms with Crippen molar-refractivity contribution in [3.05, 3.63) is 42.1 Å². The lowest BCUT2D eigenvalue weighted by Crippen LogP contribution is -2.38. The van der Waals surface area contributed by atoms with Crippen LogP contribution in [0.5, 0.6) is 0 Å². The van der Waals surface area contributed by atoms with Crippen molar-refractivity contribution in [2.75, 3.05) is 0 Å². The molecule has 1 unspecified atom stereocenters. The normalized spacial score (nSPS) is 17.1. The van der Waals surface area contributed by atoms with E-state index in [9.17, 15) is 4.79 Å². The van der Waals surface area contributed by atoms with Gasteiger partial charge in [-0.05, 0) is 18.4 Å². The number of aromatic amines is 1. The summed E-state index contributed by atoms with van der Waals surface area (Å²) in [5.41, 5.74) is 0.990. The summed E-state index contributed by atoms with van der Waals surface area (Å²) in [5, 5.41) is 14.1. The summed E-state index contributed by atoms with van der Waals surface area (Å²) in [6.07, 6.45) is 7.51. The highest BCUT2D eigenvalue weighted by atomic mass is 32.2. The number of thioether (sulfide) groups is 1. The van der Waals surface area contributed by atoms with Crippen molar-refractivity contribution in [2.24, 2.45) is 0 Å². The zero-order valence-electron chi connectivity index (χ0n) is 12.4. The second-order valence-corrected chi connectivity index (χ2v) is 6.69. The van der Waals surface area contributed by atoms with Crippen LogP contribution in [-0.2, 0) is 4.79 Å². The molecule has 1 atom stereocenters. The minimum absolute atomic E-state index is 0.0612. The number of nitrogens with one attached hydrogen (secondary N) is 2. The van der Waals surface area contributed by atoms with Crippen molar-refractivity contribution in [2.45, 2.75) is 48.4 Å². The Morgan fingerprint density at radius 3 is 2.68 bits per heavy atom. The van der Waals surface area contributed by atoms with E-state index in [1.54, 1.807) is 6.20 Å². The van der Waals surface area contributed by atoms with Crippen LogP contribution < -0.4 is 5.32 Å². The number of benzene rings is 1. The van der Waals surface area contributed by atoms with Crippen LogP contribution in [0.25, 0.3) is 0 Å². The van der Waals surface area contributed by atoms with Gasteiger partial charge in [-0.3, -0.25) is 4.79 Å². The predicted molar refractivity (Wildman–Crippen MR) is 86.4 cm³/mol. The number of rotatable bonds is 5. The molecule has 1 aliphatic carbocycles. The highest BCUT2D eigenvalue weighted by Crippen LogP contribution is 2.34. The summed E-state index contributed by atoms with van der Waals surface area (Å²) in [5.74, 6) is 0.0612. The van der Waals surface area contributed by atoms with E-state index in [0.717, 1.165) is 23.4 Å². The highest BCUT2D eigenvalue weighted by Gasteiger charge is 2.25. The maximum Gasteiger partial charge on any atom is 0.238 e. The van der Waals surface area contributed by atoms with Crippen molar-refractivity contribution < 1.29 is 4.79 Å². The summed E-state index contributed by atoms with van der Waals surface area (Å²) in [6, 6.07) is 10.2. The van der Waals surface area contributed by atoms with Gasteiger partial charge in [-0.2, -0.15) is 10.3 Å². The van der Waals surface area contributed by atoms with Gasteiger partial charge in [0, 0.05) is 6.04 Å². The number of carbonyl (C=O) groups excluding carboxylic acids is 1. The summed E-state index contributed by atoms with van der Waals surface area (Å²) >= 11 is 1.43. The van der Waals surface area contributed by atoms with Gasteiger partial charge in [-0.1, -0.05) is 61.4 Å². The Hall–Kier alpha value is -1.82. The summed E-state index contributed by atoms with van der Waals surface area (Å²) < 4.78 is 0. The van der Waals surface area contributed by atoms with Gasteiger partial charge in [-0.25, -0.2) is 0 Å². The first kappa shape index (κ1) is 15.1. The van der Waals surface area contributed by atoms with Gasteiger partial charge in [0.05, 0.1) is 6.20 Å². The number of aromatic nitrogens is 3. The molecule has 22 heavy (non-hydrogen) atoms. The smallest absolute Gasteiger partial charge is 0.238 e. The van der Waals surface area contributed by atoms with Gasteiger partial charge >= 0.3 is 0 Å². The lowest BCUT2D eigenvalue weighted by Gasteiger charge is -2.25.